The highest BCUT2D eigenvalue weighted by Gasteiger charge is 2.21. The summed E-state index contributed by atoms with van der Waals surface area (Å²) in [6.45, 7) is 2.96. The molecule has 1 aliphatic rings. The van der Waals surface area contributed by atoms with E-state index in [1.165, 1.54) is 30.4 Å². The molecule has 1 aliphatic carbocycles. The Morgan fingerprint density at radius 3 is 3.10 bits per heavy atom. The van der Waals surface area contributed by atoms with Crippen LogP contribution in [0.15, 0.2) is 30.5 Å². The van der Waals surface area contributed by atoms with Gasteiger partial charge in [-0.25, -0.2) is 0 Å². The molecule has 0 saturated carbocycles. The molecule has 4 heteroatoms. The Hall–Kier alpha value is -1.35. The van der Waals surface area contributed by atoms with E-state index in [-0.39, 0.29) is 5.38 Å². The second kappa shape index (κ2) is 5.96. The van der Waals surface area contributed by atoms with E-state index in [0.29, 0.717) is 5.92 Å². The lowest BCUT2D eigenvalue weighted by Gasteiger charge is -2.25. The first-order valence-electron chi connectivity index (χ1n) is 7.40. The molecule has 1 heterocycles. The van der Waals surface area contributed by atoms with Gasteiger partial charge in [0.1, 0.15) is 5.69 Å². The molecular weight excluding hydrogens is 270 g/mol. The van der Waals surface area contributed by atoms with Crippen LogP contribution in [0.5, 0.6) is 0 Å². The SMILES string of the molecule is CCC(Cl)c1cn(CC2CCCc3ccccc32)nn1. The van der Waals surface area contributed by atoms with Crippen molar-refractivity contribution in [3.05, 3.63) is 47.3 Å². The molecule has 0 N–H and O–H groups in total. The van der Waals surface area contributed by atoms with E-state index in [2.05, 4.69) is 41.5 Å². The molecule has 2 aromatic rings. The summed E-state index contributed by atoms with van der Waals surface area (Å²) >= 11 is 6.21. The second-order valence-electron chi connectivity index (χ2n) is 5.53. The smallest absolute Gasteiger partial charge is 0.100 e. The third kappa shape index (κ3) is 2.73. The van der Waals surface area contributed by atoms with Crippen LogP contribution < -0.4 is 0 Å². The van der Waals surface area contributed by atoms with Gasteiger partial charge in [0, 0.05) is 18.7 Å². The van der Waals surface area contributed by atoms with Crippen molar-refractivity contribution in [2.24, 2.45) is 0 Å². The largest absolute Gasteiger partial charge is 0.252 e. The van der Waals surface area contributed by atoms with Gasteiger partial charge in [-0.3, -0.25) is 4.68 Å². The monoisotopic (exact) mass is 289 g/mol. The van der Waals surface area contributed by atoms with Crippen molar-refractivity contribution in [3.63, 3.8) is 0 Å². The molecule has 3 nitrogen and oxygen atoms in total. The lowest BCUT2D eigenvalue weighted by Crippen LogP contribution is -2.15. The molecule has 106 valence electrons. The number of aromatic nitrogens is 3. The summed E-state index contributed by atoms with van der Waals surface area (Å²) in [6.07, 6.45) is 6.57. The number of fused-ring (bicyclic) bond motifs is 1. The van der Waals surface area contributed by atoms with Crippen LogP contribution in [0.2, 0.25) is 0 Å². The average Bonchev–Trinajstić information content (AvgIpc) is 2.95. The Morgan fingerprint density at radius 1 is 1.40 bits per heavy atom. The van der Waals surface area contributed by atoms with Gasteiger partial charge in [0.2, 0.25) is 0 Å². The topological polar surface area (TPSA) is 30.7 Å². The van der Waals surface area contributed by atoms with Gasteiger partial charge in [0.15, 0.2) is 0 Å². The molecule has 20 heavy (non-hydrogen) atoms. The van der Waals surface area contributed by atoms with Crippen molar-refractivity contribution in [2.75, 3.05) is 0 Å². The highest BCUT2D eigenvalue weighted by atomic mass is 35.5. The zero-order chi connectivity index (χ0) is 13.9. The lowest BCUT2D eigenvalue weighted by molar-refractivity contribution is 0.449. The van der Waals surface area contributed by atoms with Crippen LogP contribution in [0.4, 0.5) is 0 Å². The Kier molecular flexibility index (Phi) is 4.06. The molecule has 1 aromatic heterocycles. The van der Waals surface area contributed by atoms with Crippen molar-refractivity contribution in [1.29, 1.82) is 0 Å². The maximum atomic E-state index is 6.21. The summed E-state index contributed by atoms with van der Waals surface area (Å²) in [5, 5.41) is 8.40. The highest BCUT2D eigenvalue weighted by molar-refractivity contribution is 6.20. The number of hydrogen-bond acceptors (Lipinski definition) is 2. The van der Waals surface area contributed by atoms with Crippen molar-refractivity contribution in [3.8, 4) is 0 Å². The van der Waals surface area contributed by atoms with Gasteiger partial charge >= 0.3 is 0 Å². The molecule has 0 spiro atoms. The van der Waals surface area contributed by atoms with Gasteiger partial charge < -0.3 is 0 Å². The van der Waals surface area contributed by atoms with Crippen LogP contribution in [0.25, 0.3) is 0 Å². The minimum atomic E-state index is -0.0256. The van der Waals surface area contributed by atoms with Gasteiger partial charge in [-0.05, 0) is 36.8 Å². The molecule has 0 bridgehead atoms. The Bertz CT molecular complexity index is 579. The van der Waals surface area contributed by atoms with Gasteiger partial charge in [-0.2, -0.15) is 0 Å². The quantitative estimate of drug-likeness (QED) is 0.794. The summed E-state index contributed by atoms with van der Waals surface area (Å²) in [5.41, 5.74) is 3.86. The minimum absolute atomic E-state index is 0.0256. The van der Waals surface area contributed by atoms with Crippen LogP contribution in [-0.2, 0) is 13.0 Å². The zero-order valence-electron chi connectivity index (χ0n) is 11.8. The molecule has 0 amide bonds. The van der Waals surface area contributed by atoms with Crippen molar-refractivity contribution in [2.45, 2.75) is 50.4 Å². The average molecular weight is 290 g/mol. The number of alkyl halides is 1. The fraction of sp³-hybridized carbons (Fsp3) is 0.500. The third-order valence-corrected chi connectivity index (χ3v) is 4.67. The summed E-state index contributed by atoms with van der Waals surface area (Å²) in [7, 11) is 0. The van der Waals surface area contributed by atoms with Crippen LogP contribution in [0.3, 0.4) is 0 Å². The molecule has 0 saturated heterocycles. The van der Waals surface area contributed by atoms with Gasteiger partial charge in [-0.15, -0.1) is 16.7 Å². The van der Waals surface area contributed by atoms with Crippen molar-refractivity contribution < 1.29 is 0 Å². The minimum Gasteiger partial charge on any atom is -0.252 e. The first-order chi connectivity index (χ1) is 9.78. The normalized spacial score (nSPS) is 19.6. The van der Waals surface area contributed by atoms with Crippen molar-refractivity contribution in [1.82, 2.24) is 15.0 Å². The van der Waals surface area contributed by atoms with Crippen LogP contribution >= 0.6 is 11.6 Å². The summed E-state index contributed by atoms with van der Waals surface area (Å²) in [5.74, 6) is 0.546. The molecule has 1 aromatic carbocycles. The fourth-order valence-electron chi connectivity index (χ4n) is 3.03. The van der Waals surface area contributed by atoms with E-state index < -0.39 is 0 Å². The molecule has 0 aliphatic heterocycles. The van der Waals surface area contributed by atoms with E-state index in [0.717, 1.165) is 18.7 Å². The van der Waals surface area contributed by atoms with E-state index in [9.17, 15) is 0 Å². The molecule has 2 atom stereocenters. The molecule has 0 fully saturated rings. The predicted octanol–water partition coefficient (Wildman–Crippen LogP) is 4.09. The van der Waals surface area contributed by atoms with Gasteiger partial charge in [0.05, 0.1) is 5.38 Å². The molecule has 2 unspecified atom stereocenters. The Labute approximate surface area is 125 Å². The van der Waals surface area contributed by atoms with Crippen LogP contribution in [0, 0.1) is 0 Å². The van der Waals surface area contributed by atoms with E-state index in [1.54, 1.807) is 0 Å². The van der Waals surface area contributed by atoms with Gasteiger partial charge in [0.25, 0.3) is 0 Å². The second-order valence-corrected chi connectivity index (χ2v) is 6.06. The summed E-state index contributed by atoms with van der Waals surface area (Å²) in [6, 6.07) is 8.78. The summed E-state index contributed by atoms with van der Waals surface area (Å²) in [4.78, 5) is 0. The zero-order valence-corrected chi connectivity index (χ0v) is 12.6. The Balaban J connectivity index is 1.77. The predicted molar refractivity (Wildman–Crippen MR) is 81.0 cm³/mol. The maximum Gasteiger partial charge on any atom is 0.100 e. The number of aryl methyl sites for hydroxylation is 1. The maximum absolute atomic E-state index is 6.21. The van der Waals surface area contributed by atoms with Crippen LogP contribution in [-0.4, -0.2) is 15.0 Å². The number of nitrogens with zero attached hydrogens (tertiary/aromatic N) is 3. The number of rotatable bonds is 4. The first-order valence-corrected chi connectivity index (χ1v) is 7.83. The highest BCUT2D eigenvalue weighted by Crippen LogP contribution is 2.32. The molecular formula is C16H20ClN3. The Morgan fingerprint density at radius 2 is 2.25 bits per heavy atom. The standard InChI is InChI=1S/C16H20ClN3/c1-2-15(17)16-11-20(19-18-16)10-13-8-5-7-12-6-3-4-9-14(12)13/h3-4,6,9,11,13,15H,2,5,7-8,10H2,1H3. The van der Waals surface area contributed by atoms with Gasteiger partial charge in [-0.1, -0.05) is 36.4 Å². The lowest BCUT2D eigenvalue weighted by atomic mass is 9.83. The van der Waals surface area contributed by atoms with Crippen molar-refractivity contribution >= 4 is 11.6 Å². The molecule has 3 rings (SSSR count). The number of benzene rings is 1. The number of hydrogen-bond donors (Lipinski definition) is 0. The fourth-order valence-corrected chi connectivity index (χ4v) is 3.13. The third-order valence-electron chi connectivity index (χ3n) is 4.14. The van der Waals surface area contributed by atoms with E-state index in [1.807, 2.05) is 10.9 Å². The first kappa shape index (κ1) is 13.6. The molecule has 0 radical (unpaired) electrons. The van der Waals surface area contributed by atoms with Crippen LogP contribution in [0.1, 0.15) is 54.3 Å². The van der Waals surface area contributed by atoms with E-state index >= 15 is 0 Å². The van der Waals surface area contributed by atoms with E-state index in [4.69, 9.17) is 11.6 Å². The summed E-state index contributed by atoms with van der Waals surface area (Å²) < 4.78 is 1.95. The number of halogens is 1.